The summed E-state index contributed by atoms with van der Waals surface area (Å²) in [5.74, 6) is -0.195. The molecular weight excluding hydrogens is 341 g/mol. The van der Waals surface area contributed by atoms with Gasteiger partial charge < -0.3 is 15.8 Å². The number of rotatable bonds is 7. The summed E-state index contributed by atoms with van der Waals surface area (Å²) in [5, 5.41) is 12.6. The Morgan fingerprint density at radius 1 is 1.32 bits per heavy atom. The quantitative estimate of drug-likeness (QED) is 0.586. The van der Waals surface area contributed by atoms with Crippen LogP contribution in [0.1, 0.15) is 5.56 Å². The molecule has 128 valence electrons. The van der Waals surface area contributed by atoms with Gasteiger partial charge >= 0.3 is 0 Å². The van der Waals surface area contributed by atoms with E-state index in [2.05, 4.69) is 5.32 Å². The fourth-order valence-electron chi connectivity index (χ4n) is 2.00. The average molecular weight is 357 g/mol. The van der Waals surface area contributed by atoms with E-state index in [4.69, 9.17) is 10.5 Å². The van der Waals surface area contributed by atoms with E-state index in [-0.39, 0.29) is 11.4 Å². The van der Waals surface area contributed by atoms with Gasteiger partial charge in [0.15, 0.2) is 0 Å². The summed E-state index contributed by atoms with van der Waals surface area (Å²) >= 11 is 1.19. The number of ether oxygens (including phenoxy) is 1. The number of thioether (sulfide) groups is 1. The van der Waals surface area contributed by atoms with E-state index in [1.165, 1.54) is 23.9 Å². The van der Waals surface area contributed by atoms with Crippen molar-refractivity contribution in [1.29, 1.82) is 5.26 Å². The van der Waals surface area contributed by atoms with Crippen molar-refractivity contribution in [3.8, 4) is 11.8 Å². The molecule has 0 aromatic heterocycles. The number of nitrogens with two attached hydrogens (primary N) is 1. The van der Waals surface area contributed by atoms with Gasteiger partial charge in [0.25, 0.3) is 5.91 Å². The molecule has 0 saturated heterocycles. The van der Waals surface area contributed by atoms with Gasteiger partial charge in [0.2, 0.25) is 0 Å². The maximum absolute atomic E-state index is 13.3. The van der Waals surface area contributed by atoms with Crippen molar-refractivity contribution >= 4 is 23.4 Å². The maximum atomic E-state index is 13.3. The second kappa shape index (κ2) is 8.76. The molecule has 0 radical (unpaired) electrons. The van der Waals surface area contributed by atoms with Crippen molar-refractivity contribution in [2.75, 3.05) is 12.4 Å². The lowest BCUT2D eigenvalue weighted by Gasteiger charge is -2.13. The molecule has 0 bridgehead atoms. The van der Waals surface area contributed by atoms with E-state index in [0.29, 0.717) is 22.2 Å². The van der Waals surface area contributed by atoms with E-state index in [9.17, 15) is 14.4 Å². The van der Waals surface area contributed by atoms with Crippen molar-refractivity contribution in [2.45, 2.75) is 5.75 Å². The third kappa shape index (κ3) is 5.26. The van der Waals surface area contributed by atoms with Crippen LogP contribution in [0.3, 0.4) is 0 Å². The van der Waals surface area contributed by atoms with E-state index in [0.717, 1.165) is 5.56 Å². The lowest BCUT2D eigenvalue weighted by atomic mass is 10.2. The Hall–Kier alpha value is -2.98. The zero-order chi connectivity index (χ0) is 18.2. The number of amides is 1. The molecule has 0 saturated carbocycles. The summed E-state index contributed by atoms with van der Waals surface area (Å²) in [4.78, 5) is 11.6. The predicted molar refractivity (Wildman–Crippen MR) is 96.1 cm³/mol. The second-order valence-electron chi connectivity index (χ2n) is 4.96. The van der Waals surface area contributed by atoms with Gasteiger partial charge in [-0.1, -0.05) is 18.2 Å². The highest BCUT2D eigenvalue weighted by Crippen LogP contribution is 2.28. The summed E-state index contributed by atoms with van der Waals surface area (Å²) in [7, 11) is 1.54. The topological polar surface area (TPSA) is 88.1 Å². The van der Waals surface area contributed by atoms with Crippen molar-refractivity contribution < 1.29 is 13.9 Å². The van der Waals surface area contributed by atoms with Crippen LogP contribution in [0, 0.1) is 17.1 Å². The van der Waals surface area contributed by atoms with Gasteiger partial charge in [0, 0.05) is 17.5 Å². The van der Waals surface area contributed by atoms with E-state index >= 15 is 0 Å². The van der Waals surface area contributed by atoms with Gasteiger partial charge in [-0.15, -0.1) is 11.8 Å². The fraction of sp³-hybridized carbons (Fsp3) is 0.111. The van der Waals surface area contributed by atoms with E-state index in [1.54, 1.807) is 43.5 Å². The van der Waals surface area contributed by atoms with Crippen LogP contribution in [-0.4, -0.2) is 13.0 Å². The van der Waals surface area contributed by atoms with Gasteiger partial charge in [-0.2, -0.15) is 5.26 Å². The van der Waals surface area contributed by atoms with Gasteiger partial charge in [0.05, 0.1) is 12.1 Å². The zero-order valence-electron chi connectivity index (χ0n) is 13.5. The number of methoxy groups -OCH3 is 1. The minimum atomic E-state index is -0.834. The summed E-state index contributed by atoms with van der Waals surface area (Å²) in [5.41, 5.74) is 6.46. The molecule has 0 fully saturated rings. The molecule has 25 heavy (non-hydrogen) atoms. The lowest BCUT2D eigenvalue weighted by molar-refractivity contribution is -0.114. The largest absolute Gasteiger partial charge is 0.497 e. The molecular formula is C18H16FN3O2S. The van der Waals surface area contributed by atoms with E-state index < -0.39 is 5.91 Å². The summed E-state index contributed by atoms with van der Waals surface area (Å²) in [6.45, 7) is 0. The third-order valence-electron chi connectivity index (χ3n) is 3.19. The number of halogens is 1. The number of nitriles is 1. The van der Waals surface area contributed by atoms with Crippen LogP contribution in [0.25, 0.3) is 0 Å². The van der Waals surface area contributed by atoms with Crippen molar-refractivity contribution in [1.82, 2.24) is 0 Å². The summed E-state index contributed by atoms with van der Waals surface area (Å²) in [6, 6.07) is 14.9. The molecule has 0 heterocycles. The number of carbonyl (C=O) groups is 1. The Bertz CT molecular complexity index is 846. The highest BCUT2D eigenvalue weighted by atomic mass is 32.2. The number of carbonyl (C=O) groups excluding carboxylic acids is 1. The third-order valence-corrected chi connectivity index (χ3v) is 4.26. The number of nitrogens with zero attached hydrogens (tertiary/aromatic N) is 1. The zero-order valence-corrected chi connectivity index (χ0v) is 14.3. The number of anilines is 1. The number of hydrogen-bond acceptors (Lipinski definition) is 5. The van der Waals surface area contributed by atoms with Crippen molar-refractivity contribution in [2.24, 2.45) is 5.73 Å². The van der Waals surface area contributed by atoms with Crippen LogP contribution >= 0.6 is 11.8 Å². The first-order valence-corrected chi connectivity index (χ1v) is 8.24. The SMILES string of the molecule is COc1cccc(NC(SCc2cccc(F)c2)=C(C#N)C(N)=O)c1. The van der Waals surface area contributed by atoms with Crippen LogP contribution in [0.4, 0.5) is 10.1 Å². The second-order valence-corrected chi connectivity index (χ2v) is 5.94. The molecule has 7 heteroatoms. The van der Waals surface area contributed by atoms with Crippen molar-refractivity contribution in [3.63, 3.8) is 0 Å². The molecule has 2 rings (SSSR count). The Kier molecular flexibility index (Phi) is 6.43. The first-order chi connectivity index (χ1) is 12.0. The first-order valence-electron chi connectivity index (χ1n) is 7.26. The van der Waals surface area contributed by atoms with E-state index in [1.807, 2.05) is 6.07 Å². The van der Waals surface area contributed by atoms with Crippen LogP contribution in [-0.2, 0) is 10.5 Å². The van der Waals surface area contributed by atoms with Crippen LogP contribution in [0.5, 0.6) is 5.75 Å². The molecule has 0 aliphatic carbocycles. The Labute approximate surface area is 149 Å². The number of benzene rings is 2. The minimum absolute atomic E-state index is 0.191. The Morgan fingerprint density at radius 3 is 2.72 bits per heavy atom. The van der Waals surface area contributed by atoms with Gasteiger partial charge in [-0.25, -0.2) is 4.39 Å². The Balaban J connectivity index is 2.27. The molecule has 0 unspecified atom stereocenters. The minimum Gasteiger partial charge on any atom is -0.497 e. The van der Waals surface area contributed by atoms with Crippen LogP contribution in [0.2, 0.25) is 0 Å². The number of nitrogens with one attached hydrogen (secondary N) is 1. The first kappa shape index (κ1) is 18.4. The smallest absolute Gasteiger partial charge is 0.262 e. The number of hydrogen-bond donors (Lipinski definition) is 2. The summed E-state index contributed by atoms with van der Waals surface area (Å²) < 4.78 is 18.4. The molecule has 2 aromatic rings. The van der Waals surface area contributed by atoms with Gasteiger partial charge in [0.1, 0.15) is 23.2 Å². The van der Waals surface area contributed by atoms with Gasteiger partial charge in [-0.3, -0.25) is 4.79 Å². The lowest BCUT2D eigenvalue weighted by Crippen LogP contribution is -2.16. The highest BCUT2D eigenvalue weighted by Gasteiger charge is 2.14. The molecule has 3 N–H and O–H groups in total. The van der Waals surface area contributed by atoms with Crippen LogP contribution < -0.4 is 15.8 Å². The predicted octanol–water partition coefficient (Wildman–Crippen LogP) is 3.40. The van der Waals surface area contributed by atoms with Crippen molar-refractivity contribution in [3.05, 3.63) is 70.5 Å². The van der Waals surface area contributed by atoms with Gasteiger partial charge in [-0.05, 0) is 29.8 Å². The molecule has 0 spiro atoms. The Morgan fingerprint density at radius 2 is 2.08 bits per heavy atom. The standard InChI is InChI=1S/C18H16FN3O2S/c1-24-15-7-3-6-14(9-15)22-18(16(10-20)17(21)23)25-11-12-4-2-5-13(19)8-12/h2-9,22H,11H2,1H3,(H2,21,23). The molecule has 0 aliphatic rings. The molecule has 0 atom stereocenters. The summed E-state index contributed by atoms with van der Waals surface area (Å²) in [6.07, 6.45) is 0. The number of primary amides is 1. The normalized spacial score (nSPS) is 11.2. The maximum Gasteiger partial charge on any atom is 0.262 e. The molecule has 2 aromatic carbocycles. The highest BCUT2D eigenvalue weighted by molar-refractivity contribution is 8.02. The average Bonchev–Trinajstić information content (AvgIpc) is 2.60. The molecule has 0 aliphatic heterocycles. The molecule has 1 amide bonds. The monoisotopic (exact) mass is 357 g/mol. The fourth-order valence-corrected chi connectivity index (χ4v) is 2.97. The molecule has 5 nitrogen and oxygen atoms in total. The van der Waals surface area contributed by atoms with Crippen LogP contribution in [0.15, 0.2) is 59.1 Å².